The number of methoxy groups -OCH3 is 1. The number of hydrogen-bond donors (Lipinski definition) is 1. The van der Waals surface area contributed by atoms with E-state index in [0.717, 1.165) is 25.7 Å². The minimum Gasteiger partial charge on any atom is -0.480 e. The molecule has 0 radical (unpaired) electrons. The molecule has 2 fully saturated rings. The maximum absolute atomic E-state index is 11.6. The van der Waals surface area contributed by atoms with Crippen LogP contribution in [0.15, 0.2) is 0 Å². The van der Waals surface area contributed by atoms with Gasteiger partial charge in [0.1, 0.15) is 6.04 Å². The molecule has 1 aliphatic heterocycles. The Labute approximate surface area is 94.4 Å². The molecule has 2 rings (SSSR count). The molecule has 0 aromatic rings. The van der Waals surface area contributed by atoms with Gasteiger partial charge in [0.25, 0.3) is 0 Å². The number of amides is 1. The summed E-state index contributed by atoms with van der Waals surface area (Å²) in [5, 5.41) is 9.13. The third-order valence-corrected chi connectivity index (χ3v) is 3.76. The summed E-state index contributed by atoms with van der Waals surface area (Å²) < 4.78 is 4.69. The zero-order valence-corrected chi connectivity index (χ0v) is 9.39. The van der Waals surface area contributed by atoms with Crippen molar-refractivity contribution in [2.75, 3.05) is 7.11 Å². The summed E-state index contributed by atoms with van der Waals surface area (Å²) in [6.07, 6.45) is 4.23. The average Bonchev–Trinajstić information content (AvgIpc) is 2.67. The number of aliphatic carboxylic acids is 1. The smallest absolute Gasteiger partial charge is 0.410 e. The van der Waals surface area contributed by atoms with Crippen LogP contribution in [0.25, 0.3) is 0 Å². The van der Waals surface area contributed by atoms with E-state index in [1.165, 1.54) is 12.0 Å². The van der Waals surface area contributed by atoms with Crippen molar-refractivity contribution in [3.8, 4) is 0 Å². The minimum absolute atomic E-state index is 0.0716. The standard InChI is InChI=1S/C11H17NO4/c1-16-11(15)12-8-5-3-2-4-7(8)6-9(12)10(13)14/h7-9H,2-6H2,1H3,(H,13,14)/t7?,8-,9?/m0/s1. The Morgan fingerprint density at radius 2 is 2.00 bits per heavy atom. The molecule has 5 heteroatoms. The Bertz CT molecular complexity index is 304. The highest BCUT2D eigenvalue weighted by molar-refractivity contribution is 5.81. The van der Waals surface area contributed by atoms with Gasteiger partial charge in [-0.1, -0.05) is 12.8 Å². The van der Waals surface area contributed by atoms with Gasteiger partial charge in [0.2, 0.25) is 0 Å². The van der Waals surface area contributed by atoms with Gasteiger partial charge in [-0.25, -0.2) is 9.59 Å². The number of carbonyl (C=O) groups is 2. The number of rotatable bonds is 1. The SMILES string of the molecule is COC(=O)N1C(C(=O)O)CC2CCCC[C@@H]21. The van der Waals surface area contributed by atoms with Gasteiger partial charge in [0.05, 0.1) is 7.11 Å². The van der Waals surface area contributed by atoms with Gasteiger partial charge in [0, 0.05) is 6.04 Å². The van der Waals surface area contributed by atoms with Crippen molar-refractivity contribution in [1.29, 1.82) is 0 Å². The van der Waals surface area contributed by atoms with Gasteiger partial charge in [-0.3, -0.25) is 4.90 Å². The monoisotopic (exact) mass is 227 g/mol. The van der Waals surface area contributed by atoms with Crippen LogP contribution in [-0.2, 0) is 9.53 Å². The Morgan fingerprint density at radius 1 is 1.31 bits per heavy atom. The topological polar surface area (TPSA) is 66.8 Å². The molecule has 1 saturated heterocycles. The fraction of sp³-hybridized carbons (Fsp3) is 0.818. The van der Waals surface area contributed by atoms with Crippen molar-refractivity contribution < 1.29 is 19.4 Å². The number of carboxylic acids is 1. The number of likely N-dealkylation sites (tertiary alicyclic amines) is 1. The molecule has 2 aliphatic rings. The second-order valence-electron chi connectivity index (χ2n) is 4.58. The summed E-state index contributed by atoms with van der Waals surface area (Å²) in [6, 6.07) is -0.622. The molecular formula is C11H17NO4. The van der Waals surface area contributed by atoms with Crippen LogP contribution < -0.4 is 0 Å². The molecule has 1 N–H and O–H groups in total. The highest BCUT2D eigenvalue weighted by Crippen LogP contribution is 2.39. The summed E-state index contributed by atoms with van der Waals surface area (Å²) in [4.78, 5) is 24.2. The molecule has 1 amide bonds. The number of carbonyl (C=O) groups excluding carboxylic acids is 1. The number of fused-ring (bicyclic) bond motifs is 1. The lowest BCUT2D eigenvalue weighted by molar-refractivity contribution is -0.142. The lowest BCUT2D eigenvalue weighted by Crippen LogP contribution is -2.46. The summed E-state index contributed by atoms with van der Waals surface area (Å²) in [7, 11) is 1.30. The third kappa shape index (κ3) is 1.74. The third-order valence-electron chi connectivity index (χ3n) is 3.76. The molecule has 5 nitrogen and oxygen atoms in total. The number of hydrogen-bond acceptors (Lipinski definition) is 3. The van der Waals surface area contributed by atoms with Gasteiger partial charge < -0.3 is 9.84 Å². The first kappa shape index (κ1) is 11.2. The van der Waals surface area contributed by atoms with E-state index in [0.29, 0.717) is 12.3 Å². The largest absolute Gasteiger partial charge is 0.480 e. The molecule has 1 aliphatic carbocycles. The second kappa shape index (κ2) is 4.31. The van der Waals surface area contributed by atoms with Gasteiger partial charge in [0.15, 0.2) is 0 Å². The van der Waals surface area contributed by atoms with Crippen LogP contribution in [0.5, 0.6) is 0 Å². The van der Waals surface area contributed by atoms with Crippen molar-refractivity contribution in [2.24, 2.45) is 5.92 Å². The van der Waals surface area contributed by atoms with Crippen LogP contribution in [0.1, 0.15) is 32.1 Å². The number of carboxylic acid groups (broad SMARTS) is 1. The maximum atomic E-state index is 11.6. The second-order valence-corrected chi connectivity index (χ2v) is 4.58. The molecular weight excluding hydrogens is 210 g/mol. The van der Waals surface area contributed by atoms with Crippen LogP contribution in [-0.4, -0.2) is 41.3 Å². The van der Waals surface area contributed by atoms with Crippen molar-refractivity contribution in [3.05, 3.63) is 0 Å². The molecule has 0 aromatic heterocycles. The fourth-order valence-electron chi connectivity index (χ4n) is 3.05. The number of nitrogens with zero attached hydrogens (tertiary/aromatic N) is 1. The van der Waals surface area contributed by atoms with Crippen molar-refractivity contribution in [1.82, 2.24) is 4.90 Å². The van der Waals surface area contributed by atoms with E-state index in [-0.39, 0.29) is 6.04 Å². The first-order valence-electron chi connectivity index (χ1n) is 5.74. The van der Waals surface area contributed by atoms with Gasteiger partial charge in [-0.2, -0.15) is 0 Å². The quantitative estimate of drug-likeness (QED) is 0.736. The van der Waals surface area contributed by atoms with E-state index in [2.05, 4.69) is 4.74 Å². The summed E-state index contributed by atoms with van der Waals surface area (Å²) >= 11 is 0. The first-order valence-corrected chi connectivity index (χ1v) is 5.74. The minimum atomic E-state index is -0.917. The molecule has 90 valence electrons. The van der Waals surface area contributed by atoms with Crippen LogP contribution in [0, 0.1) is 5.92 Å². The first-order chi connectivity index (χ1) is 7.65. The summed E-state index contributed by atoms with van der Waals surface area (Å²) in [6.45, 7) is 0. The molecule has 1 heterocycles. The van der Waals surface area contributed by atoms with E-state index < -0.39 is 18.1 Å². The van der Waals surface area contributed by atoms with Crippen molar-refractivity contribution in [2.45, 2.75) is 44.2 Å². The molecule has 16 heavy (non-hydrogen) atoms. The Hall–Kier alpha value is -1.26. The van der Waals surface area contributed by atoms with Crippen LogP contribution in [0.3, 0.4) is 0 Å². The predicted octanol–water partition coefficient (Wildman–Crippen LogP) is 1.47. The van der Waals surface area contributed by atoms with Crippen LogP contribution in [0.4, 0.5) is 4.79 Å². The fourth-order valence-corrected chi connectivity index (χ4v) is 3.05. The van der Waals surface area contributed by atoms with Gasteiger partial charge >= 0.3 is 12.1 Å². The van der Waals surface area contributed by atoms with Crippen LogP contribution >= 0.6 is 0 Å². The lowest BCUT2D eigenvalue weighted by Gasteiger charge is -2.31. The summed E-state index contributed by atoms with van der Waals surface area (Å²) in [5.41, 5.74) is 0. The Balaban J connectivity index is 2.20. The van der Waals surface area contributed by atoms with Crippen molar-refractivity contribution >= 4 is 12.1 Å². The van der Waals surface area contributed by atoms with E-state index in [1.807, 2.05) is 0 Å². The van der Waals surface area contributed by atoms with Crippen LogP contribution in [0.2, 0.25) is 0 Å². The van der Waals surface area contributed by atoms with Gasteiger partial charge in [-0.05, 0) is 25.2 Å². The normalized spacial score (nSPS) is 33.3. The lowest BCUT2D eigenvalue weighted by atomic mass is 9.85. The zero-order valence-electron chi connectivity index (χ0n) is 9.39. The predicted molar refractivity (Wildman–Crippen MR) is 56.0 cm³/mol. The van der Waals surface area contributed by atoms with E-state index in [1.54, 1.807) is 0 Å². The molecule has 0 aromatic carbocycles. The van der Waals surface area contributed by atoms with Gasteiger partial charge in [-0.15, -0.1) is 0 Å². The number of ether oxygens (including phenoxy) is 1. The van der Waals surface area contributed by atoms with E-state index in [4.69, 9.17) is 5.11 Å². The average molecular weight is 227 g/mol. The van der Waals surface area contributed by atoms with E-state index in [9.17, 15) is 9.59 Å². The Morgan fingerprint density at radius 3 is 2.62 bits per heavy atom. The van der Waals surface area contributed by atoms with E-state index >= 15 is 0 Å². The molecule has 0 spiro atoms. The van der Waals surface area contributed by atoms with Crippen molar-refractivity contribution in [3.63, 3.8) is 0 Å². The highest BCUT2D eigenvalue weighted by atomic mass is 16.5. The molecule has 2 unspecified atom stereocenters. The molecule has 3 atom stereocenters. The zero-order chi connectivity index (χ0) is 11.7. The molecule has 0 bridgehead atoms. The molecule has 1 saturated carbocycles. The summed E-state index contributed by atoms with van der Waals surface area (Å²) in [5.74, 6) is -0.575. The maximum Gasteiger partial charge on any atom is 0.410 e. The highest BCUT2D eigenvalue weighted by Gasteiger charge is 2.48. The Kier molecular flexibility index (Phi) is 3.03.